The van der Waals surface area contributed by atoms with E-state index < -0.39 is 0 Å². The molecule has 50 valence electrons. The Balaban J connectivity index is 2.43. The van der Waals surface area contributed by atoms with Gasteiger partial charge in [0, 0.05) is 11.8 Å². The van der Waals surface area contributed by atoms with Crippen molar-refractivity contribution < 1.29 is 0 Å². The van der Waals surface area contributed by atoms with E-state index in [1.165, 1.54) is 0 Å². The lowest BCUT2D eigenvalue weighted by Crippen LogP contribution is -2.09. The lowest BCUT2D eigenvalue weighted by Gasteiger charge is -2.08. The Morgan fingerprint density at radius 1 is 1.33 bits per heavy atom. The summed E-state index contributed by atoms with van der Waals surface area (Å²) in [5.41, 5.74) is 0. The Labute approximate surface area is 65.2 Å². The van der Waals surface area contributed by atoms with Gasteiger partial charge in [-0.3, -0.25) is 0 Å². The highest BCUT2D eigenvalue weighted by Crippen LogP contribution is 2.19. The van der Waals surface area contributed by atoms with Crippen molar-refractivity contribution in [1.29, 1.82) is 0 Å². The van der Waals surface area contributed by atoms with Crippen LogP contribution in [0.25, 0.3) is 0 Å². The summed E-state index contributed by atoms with van der Waals surface area (Å²) in [5, 5.41) is 0.0571. The highest BCUT2D eigenvalue weighted by molar-refractivity contribution is 6.28. The lowest BCUT2D eigenvalue weighted by molar-refractivity contribution is 0.800. The zero-order valence-electron chi connectivity index (χ0n) is 4.93. The molecule has 1 aliphatic rings. The first-order valence-electron chi connectivity index (χ1n) is 2.89. The normalized spacial score (nSPS) is 21.1. The molecule has 0 N–H and O–H groups in total. The Hall–Kier alpha value is 0.0600. The summed E-state index contributed by atoms with van der Waals surface area (Å²) < 4.78 is 0. The van der Waals surface area contributed by atoms with Gasteiger partial charge in [-0.05, 0) is 0 Å². The molecule has 1 aliphatic carbocycles. The first kappa shape index (κ1) is 7.17. The van der Waals surface area contributed by atoms with Crippen molar-refractivity contribution in [2.75, 3.05) is 5.88 Å². The maximum Gasteiger partial charge on any atom is 0.0568 e. The molecule has 1 rings (SSSR count). The van der Waals surface area contributed by atoms with E-state index >= 15 is 0 Å². The summed E-state index contributed by atoms with van der Waals surface area (Å²) >= 11 is 11.4. The smallest absolute Gasteiger partial charge is 0.0568 e. The van der Waals surface area contributed by atoms with Gasteiger partial charge in [-0.2, -0.15) is 0 Å². The van der Waals surface area contributed by atoms with Crippen LogP contribution >= 0.6 is 23.2 Å². The predicted octanol–water partition coefficient (Wildman–Crippen LogP) is 2.57. The molecule has 0 spiro atoms. The molecule has 0 aliphatic heterocycles. The maximum atomic E-state index is 5.84. The quantitative estimate of drug-likeness (QED) is 0.548. The Bertz CT molecular complexity index is 126. The fourth-order valence-corrected chi connectivity index (χ4v) is 1.17. The van der Waals surface area contributed by atoms with Gasteiger partial charge in [0.05, 0.1) is 5.38 Å². The van der Waals surface area contributed by atoms with Crippen molar-refractivity contribution >= 4 is 23.2 Å². The molecule has 1 atom stereocenters. The molecule has 9 heavy (non-hydrogen) atoms. The summed E-state index contributed by atoms with van der Waals surface area (Å²) in [5.74, 6) is 0.866. The molecule has 0 saturated carbocycles. The molecule has 0 aromatic carbocycles. The van der Waals surface area contributed by atoms with E-state index in [0.29, 0.717) is 11.8 Å². The highest BCUT2D eigenvalue weighted by Gasteiger charge is 2.13. The average molecular weight is 163 g/mol. The zero-order valence-corrected chi connectivity index (χ0v) is 6.44. The predicted molar refractivity (Wildman–Crippen MR) is 42.1 cm³/mol. The van der Waals surface area contributed by atoms with E-state index in [0.717, 1.165) is 0 Å². The van der Waals surface area contributed by atoms with Gasteiger partial charge in [0.25, 0.3) is 0 Å². The van der Waals surface area contributed by atoms with Crippen LogP contribution in [-0.4, -0.2) is 11.3 Å². The van der Waals surface area contributed by atoms with E-state index in [2.05, 4.69) is 12.2 Å². The molecular weight excluding hydrogens is 155 g/mol. The third-order valence-corrected chi connectivity index (χ3v) is 2.28. The second-order valence-electron chi connectivity index (χ2n) is 2.02. The molecule has 0 aromatic heterocycles. The summed E-state index contributed by atoms with van der Waals surface area (Å²) in [6, 6.07) is 0. The minimum absolute atomic E-state index is 0.0571. The van der Waals surface area contributed by atoms with Gasteiger partial charge in [0.2, 0.25) is 0 Å². The molecule has 0 aromatic rings. The Morgan fingerprint density at radius 2 is 1.89 bits per heavy atom. The van der Waals surface area contributed by atoms with Gasteiger partial charge in [0.1, 0.15) is 0 Å². The number of hydrogen-bond donors (Lipinski definition) is 0. The van der Waals surface area contributed by atoms with Crippen LogP contribution in [0.2, 0.25) is 0 Å². The van der Waals surface area contributed by atoms with Gasteiger partial charge >= 0.3 is 0 Å². The lowest BCUT2D eigenvalue weighted by atomic mass is 10.1. The van der Waals surface area contributed by atoms with Crippen LogP contribution in [0.3, 0.4) is 0 Å². The first-order chi connectivity index (χ1) is 4.34. The van der Waals surface area contributed by atoms with E-state index in [-0.39, 0.29) is 5.38 Å². The second-order valence-corrected chi connectivity index (χ2v) is 2.89. The summed E-state index contributed by atoms with van der Waals surface area (Å²) in [6.07, 6.45) is 8.10. The average Bonchev–Trinajstić information content (AvgIpc) is 2.37. The minimum Gasteiger partial charge on any atom is -0.125 e. The number of rotatable bonds is 2. The van der Waals surface area contributed by atoms with Crippen molar-refractivity contribution in [2.45, 2.75) is 5.38 Å². The molecule has 0 nitrogen and oxygen atoms in total. The number of allylic oxidation sites excluding steroid dienone is 4. The van der Waals surface area contributed by atoms with E-state index in [1.807, 2.05) is 12.2 Å². The highest BCUT2D eigenvalue weighted by atomic mass is 35.5. The van der Waals surface area contributed by atoms with Gasteiger partial charge < -0.3 is 0 Å². The van der Waals surface area contributed by atoms with Gasteiger partial charge in [-0.25, -0.2) is 0 Å². The van der Waals surface area contributed by atoms with Crippen LogP contribution in [0.15, 0.2) is 24.3 Å². The molecule has 0 bridgehead atoms. The number of hydrogen-bond acceptors (Lipinski definition) is 0. The van der Waals surface area contributed by atoms with Crippen molar-refractivity contribution in [3.63, 3.8) is 0 Å². The summed E-state index contributed by atoms with van der Waals surface area (Å²) in [6.45, 7) is 0. The van der Waals surface area contributed by atoms with Gasteiger partial charge in [-0.15, -0.1) is 23.2 Å². The van der Waals surface area contributed by atoms with Crippen molar-refractivity contribution in [1.82, 2.24) is 0 Å². The topological polar surface area (TPSA) is 0 Å². The molecule has 1 unspecified atom stereocenters. The van der Waals surface area contributed by atoms with Crippen molar-refractivity contribution in [3.05, 3.63) is 24.3 Å². The third kappa shape index (κ3) is 1.74. The monoisotopic (exact) mass is 162 g/mol. The van der Waals surface area contributed by atoms with E-state index in [1.54, 1.807) is 0 Å². The van der Waals surface area contributed by atoms with Crippen LogP contribution in [0, 0.1) is 5.92 Å². The molecule has 0 saturated heterocycles. The van der Waals surface area contributed by atoms with Gasteiger partial charge in [-0.1, -0.05) is 24.3 Å². The Morgan fingerprint density at radius 3 is 2.33 bits per heavy atom. The van der Waals surface area contributed by atoms with E-state index in [4.69, 9.17) is 23.2 Å². The molecule has 0 radical (unpaired) electrons. The SMILES string of the molecule is ClCC(Cl)C1C=CC=C1. The van der Waals surface area contributed by atoms with Crippen LogP contribution in [0.4, 0.5) is 0 Å². The first-order valence-corrected chi connectivity index (χ1v) is 3.86. The summed E-state index contributed by atoms with van der Waals surface area (Å²) in [7, 11) is 0. The molecular formula is C7H8Cl2. The van der Waals surface area contributed by atoms with Crippen LogP contribution in [0.1, 0.15) is 0 Å². The van der Waals surface area contributed by atoms with Gasteiger partial charge in [0.15, 0.2) is 0 Å². The van der Waals surface area contributed by atoms with Crippen molar-refractivity contribution in [3.8, 4) is 0 Å². The molecule has 0 fully saturated rings. The van der Waals surface area contributed by atoms with Crippen molar-refractivity contribution in [2.24, 2.45) is 5.92 Å². The Kier molecular flexibility index (Phi) is 2.62. The standard InChI is InChI=1S/C7H8Cl2/c8-5-7(9)6-3-1-2-4-6/h1-4,6-7H,5H2. The third-order valence-electron chi connectivity index (χ3n) is 1.34. The molecule has 0 heterocycles. The van der Waals surface area contributed by atoms with Crippen LogP contribution in [0.5, 0.6) is 0 Å². The zero-order chi connectivity index (χ0) is 6.69. The summed E-state index contributed by atoms with van der Waals surface area (Å²) in [4.78, 5) is 0. The molecule has 2 heteroatoms. The fourth-order valence-electron chi connectivity index (χ4n) is 0.793. The number of alkyl halides is 2. The van der Waals surface area contributed by atoms with Crippen LogP contribution in [-0.2, 0) is 0 Å². The number of halogens is 2. The van der Waals surface area contributed by atoms with Crippen LogP contribution < -0.4 is 0 Å². The maximum absolute atomic E-state index is 5.84. The molecule has 0 amide bonds. The second kappa shape index (κ2) is 3.28. The minimum atomic E-state index is 0.0571. The fraction of sp³-hybridized carbons (Fsp3) is 0.429. The largest absolute Gasteiger partial charge is 0.125 e. The van der Waals surface area contributed by atoms with E-state index in [9.17, 15) is 0 Å².